The molecule has 22 heavy (non-hydrogen) atoms. The summed E-state index contributed by atoms with van der Waals surface area (Å²) in [5.74, 6) is -0.695. The van der Waals surface area contributed by atoms with Gasteiger partial charge in [-0.2, -0.15) is 0 Å². The lowest BCUT2D eigenvalue weighted by molar-refractivity contribution is -0.149. The van der Waals surface area contributed by atoms with E-state index in [-0.39, 0.29) is 11.5 Å². The first-order valence-electron chi connectivity index (χ1n) is 8.29. The Morgan fingerprint density at radius 3 is 2.18 bits per heavy atom. The number of hydrogen-bond donors (Lipinski definition) is 2. The Morgan fingerprint density at radius 2 is 1.73 bits per heavy atom. The van der Waals surface area contributed by atoms with Crippen molar-refractivity contribution < 1.29 is 9.90 Å². The third kappa shape index (κ3) is 4.57. The fourth-order valence-electron chi connectivity index (χ4n) is 3.09. The van der Waals surface area contributed by atoms with Crippen molar-refractivity contribution in [3.63, 3.8) is 0 Å². The standard InChI is InChI=1S/C19H31NO2/c1-6-19(7-2,17(21)22)14-20-15(3)13-18(4,5)16-11-9-8-10-12-16/h8-12,15,20H,6-7,13-14H2,1-5H3,(H,21,22). The van der Waals surface area contributed by atoms with Crippen molar-refractivity contribution in [1.82, 2.24) is 5.32 Å². The maximum atomic E-state index is 11.6. The van der Waals surface area contributed by atoms with E-state index in [9.17, 15) is 9.90 Å². The van der Waals surface area contributed by atoms with Crippen molar-refractivity contribution in [2.24, 2.45) is 5.41 Å². The lowest BCUT2D eigenvalue weighted by atomic mass is 9.78. The van der Waals surface area contributed by atoms with Gasteiger partial charge < -0.3 is 10.4 Å². The summed E-state index contributed by atoms with van der Waals surface area (Å²) in [5.41, 5.74) is 0.738. The van der Waals surface area contributed by atoms with E-state index < -0.39 is 11.4 Å². The Balaban J connectivity index is 2.66. The van der Waals surface area contributed by atoms with Crippen molar-refractivity contribution in [3.8, 4) is 0 Å². The molecule has 0 spiro atoms. The van der Waals surface area contributed by atoms with Gasteiger partial charge in [0.1, 0.15) is 0 Å². The molecule has 1 atom stereocenters. The summed E-state index contributed by atoms with van der Waals surface area (Å²) in [6, 6.07) is 10.8. The number of hydrogen-bond acceptors (Lipinski definition) is 2. The second kappa shape index (κ2) is 7.77. The zero-order valence-electron chi connectivity index (χ0n) is 14.6. The first kappa shape index (κ1) is 18.7. The average molecular weight is 305 g/mol. The molecular formula is C19H31NO2. The van der Waals surface area contributed by atoms with Crippen LogP contribution in [0.15, 0.2) is 30.3 Å². The highest BCUT2D eigenvalue weighted by Gasteiger charge is 2.35. The number of carbonyl (C=O) groups is 1. The molecule has 0 saturated heterocycles. The summed E-state index contributed by atoms with van der Waals surface area (Å²) >= 11 is 0. The van der Waals surface area contributed by atoms with Gasteiger partial charge >= 0.3 is 5.97 Å². The fraction of sp³-hybridized carbons (Fsp3) is 0.632. The molecule has 0 aromatic heterocycles. The van der Waals surface area contributed by atoms with Gasteiger partial charge in [-0.15, -0.1) is 0 Å². The van der Waals surface area contributed by atoms with E-state index in [0.29, 0.717) is 19.4 Å². The van der Waals surface area contributed by atoms with Crippen LogP contribution < -0.4 is 5.32 Å². The summed E-state index contributed by atoms with van der Waals surface area (Å²) < 4.78 is 0. The van der Waals surface area contributed by atoms with Crippen molar-refractivity contribution in [1.29, 1.82) is 0 Å². The number of carboxylic acid groups (broad SMARTS) is 1. The molecule has 1 unspecified atom stereocenters. The summed E-state index contributed by atoms with van der Waals surface area (Å²) in [6.07, 6.45) is 2.28. The molecule has 0 heterocycles. The molecule has 1 rings (SSSR count). The lowest BCUT2D eigenvalue weighted by Gasteiger charge is -2.32. The first-order chi connectivity index (χ1) is 10.3. The Kier molecular flexibility index (Phi) is 6.61. The van der Waals surface area contributed by atoms with Crippen molar-refractivity contribution in [2.45, 2.75) is 65.3 Å². The van der Waals surface area contributed by atoms with Gasteiger partial charge in [-0.05, 0) is 37.2 Å². The zero-order chi connectivity index (χ0) is 16.8. The van der Waals surface area contributed by atoms with Crippen LogP contribution in [0.3, 0.4) is 0 Å². The first-order valence-corrected chi connectivity index (χ1v) is 8.29. The maximum Gasteiger partial charge on any atom is 0.310 e. The monoisotopic (exact) mass is 305 g/mol. The molecule has 1 aromatic rings. The number of nitrogens with one attached hydrogen (secondary N) is 1. The van der Waals surface area contributed by atoms with Gasteiger partial charge in [0.2, 0.25) is 0 Å². The topological polar surface area (TPSA) is 49.3 Å². The minimum atomic E-state index is -0.695. The van der Waals surface area contributed by atoms with Crippen LogP contribution in [-0.2, 0) is 10.2 Å². The summed E-state index contributed by atoms with van der Waals surface area (Å²) in [4.78, 5) is 11.6. The van der Waals surface area contributed by atoms with Gasteiger partial charge in [0.25, 0.3) is 0 Å². The van der Waals surface area contributed by atoms with Gasteiger partial charge in [0.15, 0.2) is 0 Å². The molecule has 0 saturated carbocycles. The Hall–Kier alpha value is -1.35. The number of rotatable bonds is 9. The van der Waals surface area contributed by atoms with Gasteiger partial charge in [-0.25, -0.2) is 0 Å². The SMILES string of the molecule is CCC(CC)(CNC(C)CC(C)(C)c1ccccc1)C(=O)O. The number of aliphatic carboxylic acids is 1. The highest BCUT2D eigenvalue weighted by atomic mass is 16.4. The molecule has 2 N–H and O–H groups in total. The molecule has 124 valence electrons. The van der Waals surface area contributed by atoms with E-state index in [1.807, 2.05) is 19.9 Å². The van der Waals surface area contributed by atoms with Crippen LogP contribution in [0.1, 0.15) is 59.4 Å². The highest BCUT2D eigenvalue weighted by molar-refractivity contribution is 5.74. The number of carboxylic acids is 1. The third-order valence-corrected chi connectivity index (χ3v) is 4.97. The summed E-state index contributed by atoms with van der Waals surface area (Å²) in [5, 5.41) is 13.0. The second-order valence-corrected chi connectivity index (χ2v) is 7.03. The second-order valence-electron chi connectivity index (χ2n) is 7.03. The molecule has 0 aliphatic heterocycles. The molecule has 0 amide bonds. The van der Waals surface area contributed by atoms with Crippen LogP contribution in [0.4, 0.5) is 0 Å². The summed E-state index contributed by atoms with van der Waals surface area (Å²) in [7, 11) is 0. The molecule has 0 fully saturated rings. The molecule has 0 aliphatic carbocycles. The lowest BCUT2D eigenvalue weighted by Crippen LogP contribution is -2.44. The molecule has 3 nitrogen and oxygen atoms in total. The quantitative estimate of drug-likeness (QED) is 0.718. The van der Waals surface area contributed by atoms with E-state index in [2.05, 4.69) is 50.4 Å². The molecule has 0 radical (unpaired) electrons. The largest absolute Gasteiger partial charge is 0.481 e. The van der Waals surface area contributed by atoms with E-state index in [1.54, 1.807) is 0 Å². The smallest absolute Gasteiger partial charge is 0.310 e. The van der Waals surface area contributed by atoms with Crippen molar-refractivity contribution in [2.75, 3.05) is 6.54 Å². The Bertz CT molecular complexity index is 464. The molecule has 3 heteroatoms. The van der Waals surface area contributed by atoms with Crippen LogP contribution in [0.25, 0.3) is 0 Å². The predicted octanol–water partition coefficient (Wildman–Crippen LogP) is 4.22. The van der Waals surface area contributed by atoms with Crippen LogP contribution in [0, 0.1) is 5.41 Å². The summed E-state index contributed by atoms with van der Waals surface area (Å²) in [6.45, 7) is 11.1. The van der Waals surface area contributed by atoms with Crippen LogP contribution in [0.5, 0.6) is 0 Å². The maximum absolute atomic E-state index is 11.6. The molecule has 0 bridgehead atoms. The van der Waals surface area contributed by atoms with Crippen molar-refractivity contribution >= 4 is 5.97 Å². The van der Waals surface area contributed by atoms with E-state index in [4.69, 9.17) is 0 Å². The zero-order valence-corrected chi connectivity index (χ0v) is 14.6. The Labute approximate surface area is 135 Å². The molecule has 0 aliphatic rings. The fourth-order valence-corrected chi connectivity index (χ4v) is 3.09. The van der Waals surface area contributed by atoms with Gasteiger partial charge in [0, 0.05) is 12.6 Å². The van der Waals surface area contributed by atoms with Gasteiger partial charge in [-0.1, -0.05) is 58.0 Å². The Morgan fingerprint density at radius 1 is 1.18 bits per heavy atom. The van der Waals surface area contributed by atoms with Crippen LogP contribution >= 0.6 is 0 Å². The minimum Gasteiger partial charge on any atom is -0.481 e. The molecular weight excluding hydrogens is 274 g/mol. The predicted molar refractivity (Wildman–Crippen MR) is 92.2 cm³/mol. The van der Waals surface area contributed by atoms with Crippen LogP contribution in [0.2, 0.25) is 0 Å². The van der Waals surface area contributed by atoms with Crippen molar-refractivity contribution in [3.05, 3.63) is 35.9 Å². The van der Waals surface area contributed by atoms with Gasteiger partial charge in [-0.3, -0.25) is 4.79 Å². The highest BCUT2D eigenvalue weighted by Crippen LogP contribution is 2.29. The third-order valence-electron chi connectivity index (χ3n) is 4.97. The van der Waals surface area contributed by atoms with Crippen LogP contribution in [-0.4, -0.2) is 23.7 Å². The number of benzene rings is 1. The van der Waals surface area contributed by atoms with E-state index in [1.165, 1.54) is 5.56 Å². The molecule has 1 aromatic carbocycles. The normalized spacial score (nSPS) is 13.9. The van der Waals surface area contributed by atoms with E-state index in [0.717, 1.165) is 6.42 Å². The average Bonchev–Trinajstić information content (AvgIpc) is 2.49. The minimum absolute atomic E-state index is 0.0674. The van der Waals surface area contributed by atoms with Gasteiger partial charge in [0.05, 0.1) is 5.41 Å². The van der Waals surface area contributed by atoms with E-state index >= 15 is 0 Å².